The number of nitrogens with one attached hydrogen (secondary N) is 2. The fourth-order valence-electron chi connectivity index (χ4n) is 1.90. The zero-order valence-corrected chi connectivity index (χ0v) is 11.5. The smallest absolute Gasteiger partial charge is 0.287 e. The lowest BCUT2D eigenvalue weighted by molar-refractivity contribution is -0.385. The molecule has 2 N–H and O–H groups in total. The van der Waals surface area contributed by atoms with E-state index in [1.54, 1.807) is 6.07 Å². The van der Waals surface area contributed by atoms with Crippen LogP contribution < -0.4 is 10.6 Å². The van der Waals surface area contributed by atoms with Gasteiger partial charge in [0.2, 0.25) is 5.91 Å². The van der Waals surface area contributed by atoms with Crippen molar-refractivity contribution in [3.63, 3.8) is 0 Å². The van der Waals surface area contributed by atoms with Gasteiger partial charge in [-0.25, -0.2) is 0 Å². The average Bonchev–Trinajstić information content (AvgIpc) is 3.27. The predicted octanol–water partition coefficient (Wildman–Crippen LogP) is 1.94. The highest BCUT2D eigenvalue weighted by Gasteiger charge is 2.22. The van der Waals surface area contributed by atoms with Crippen molar-refractivity contribution in [3.8, 4) is 6.07 Å². The number of amides is 1. The van der Waals surface area contributed by atoms with Crippen LogP contribution in [-0.2, 0) is 4.79 Å². The summed E-state index contributed by atoms with van der Waals surface area (Å²) >= 11 is 0. The standard InChI is InChI=1S/C14H16N4O3/c15-9-10-8-12(5-6-13(10)18(20)21)16-7-1-2-14(19)17-11-3-4-11/h5-6,8,11,16H,1-4,7H2,(H,17,19). The Labute approximate surface area is 122 Å². The summed E-state index contributed by atoms with van der Waals surface area (Å²) < 4.78 is 0. The molecule has 1 aromatic carbocycles. The Hall–Kier alpha value is -2.62. The minimum atomic E-state index is -0.579. The number of hydrogen-bond donors (Lipinski definition) is 2. The molecular formula is C14H16N4O3. The Bertz CT molecular complexity index is 590. The SMILES string of the molecule is N#Cc1cc(NCCCC(=O)NC2CC2)ccc1[N+](=O)[O-]. The van der Waals surface area contributed by atoms with Gasteiger partial charge in [0, 0.05) is 30.8 Å². The van der Waals surface area contributed by atoms with Crippen LogP contribution in [0.4, 0.5) is 11.4 Å². The van der Waals surface area contributed by atoms with E-state index in [4.69, 9.17) is 5.26 Å². The van der Waals surface area contributed by atoms with Crippen molar-refractivity contribution in [1.29, 1.82) is 5.26 Å². The number of nitro benzene ring substituents is 1. The van der Waals surface area contributed by atoms with Crippen molar-refractivity contribution in [3.05, 3.63) is 33.9 Å². The Balaban J connectivity index is 1.79. The van der Waals surface area contributed by atoms with Gasteiger partial charge in [0.05, 0.1) is 4.92 Å². The molecular weight excluding hydrogens is 272 g/mol. The Morgan fingerprint density at radius 2 is 2.24 bits per heavy atom. The number of nitrogens with zero attached hydrogens (tertiary/aromatic N) is 2. The van der Waals surface area contributed by atoms with E-state index >= 15 is 0 Å². The first-order chi connectivity index (χ1) is 10.1. The van der Waals surface area contributed by atoms with Crippen LogP contribution in [0, 0.1) is 21.4 Å². The van der Waals surface area contributed by atoms with Crippen molar-refractivity contribution >= 4 is 17.3 Å². The molecule has 1 aromatic rings. The molecule has 1 saturated carbocycles. The number of nitro groups is 1. The van der Waals surface area contributed by atoms with Crippen molar-refractivity contribution in [2.75, 3.05) is 11.9 Å². The minimum absolute atomic E-state index is 0.0245. The lowest BCUT2D eigenvalue weighted by Crippen LogP contribution is -2.25. The van der Waals surface area contributed by atoms with Crippen molar-refractivity contribution in [1.82, 2.24) is 5.32 Å². The van der Waals surface area contributed by atoms with Gasteiger partial charge in [-0.05, 0) is 31.4 Å². The molecule has 0 radical (unpaired) electrons. The van der Waals surface area contributed by atoms with Gasteiger partial charge in [0.25, 0.3) is 5.69 Å². The molecule has 7 heteroatoms. The monoisotopic (exact) mass is 288 g/mol. The van der Waals surface area contributed by atoms with Crippen LogP contribution in [0.5, 0.6) is 0 Å². The summed E-state index contributed by atoms with van der Waals surface area (Å²) in [6.45, 7) is 0.570. The number of anilines is 1. The summed E-state index contributed by atoms with van der Waals surface area (Å²) in [5, 5.41) is 25.6. The first-order valence-electron chi connectivity index (χ1n) is 6.82. The molecule has 0 unspecified atom stereocenters. The molecule has 7 nitrogen and oxygen atoms in total. The lowest BCUT2D eigenvalue weighted by Gasteiger charge is -2.07. The number of hydrogen-bond acceptors (Lipinski definition) is 5. The molecule has 0 spiro atoms. The van der Waals surface area contributed by atoms with Crippen LogP contribution in [0.1, 0.15) is 31.2 Å². The average molecular weight is 288 g/mol. The molecule has 0 heterocycles. The van der Waals surface area contributed by atoms with Crippen molar-refractivity contribution in [2.45, 2.75) is 31.7 Å². The predicted molar refractivity (Wildman–Crippen MR) is 76.7 cm³/mol. The van der Waals surface area contributed by atoms with Crippen LogP contribution in [0.2, 0.25) is 0 Å². The number of carbonyl (C=O) groups excluding carboxylic acids is 1. The first-order valence-corrected chi connectivity index (χ1v) is 6.82. The van der Waals surface area contributed by atoms with Crippen LogP contribution in [0.15, 0.2) is 18.2 Å². The fourth-order valence-corrected chi connectivity index (χ4v) is 1.90. The minimum Gasteiger partial charge on any atom is -0.385 e. The van der Waals surface area contributed by atoms with E-state index in [1.165, 1.54) is 12.1 Å². The highest BCUT2D eigenvalue weighted by Crippen LogP contribution is 2.22. The third kappa shape index (κ3) is 4.45. The lowest BCUT2D eigenvalue weighted by atomic mass is 10.1. The molecule has 1 amide bonds. The molecule has 0 aromatic heterocycles. The second-order valence-corrected chi connectivity index (χ2v) is 4.97. The van der Waals surface area contributed by atoms with E-state index in [2.05, 4.69) is 10.6 Å². The third-order valence-electron chi connectivity index (χ3n) is 3.17. The highest BCUT2D eigenvalue weighted by atomic mass is 16.6. The summed E-state index contributed by atoms with van der Waals surface area (Å²) in [4.78, 5) is 21.6. The van der Waals surface area contributed by atoms with E-state index in [0.29, 0.717) is 31.1 Å². The molecule has 1 aliphatic carbocycles. The van der Waals surface area contributed by atoms with Gasteiger partial charge in [0.1, 0.15) is 11.6 Å². The van der Waals surface area contributed by atoms with Crippen molar-refractivity contribution < 1.29 is 9.72 Å². The molecule has 110 valence electrons. The Morgan fingerprint density at radius 3 is 2.86 bits per heavy atom. The number of rotatable bonds is 7. The normalized spacial score (nSPS) is 13.3. The molecule has 2 rings (SSSR count). The van der Waals surface area contributed by atoms with Crippen LogP contribution in [0.3, 0.4) is 0 Å². The summed E-state index contributed by atoms with van der Waals surface area (Å²) in [5.41, 5.74) is 0.461. The van der Waals surface area contributed by atoms with Crippen LogP contribution in [-0.4, -0.2) is 23.4 Å². The summed E-state index contributed by atoms with van der Waals surface area (Å²) in [5.74, 6) is 0.0562. The van der Waals surface area contributed by atoms with Crippen LogP contribution >= 0.6 is 0 Å². The van der Waals surface area contributed by atoms with E-state index in [-0.39, 0.29) is 17.2 Å². The van der Waals surface area contributed by atoms with E-state index in [0.717, 1.165) is 12.8 Å². The quantitative estimate of drug-likeness (QED) is 0.453. The zero-order valence-electron chi connectivity index (χ0n) is 11.5. The zero-order chi connectivity index (χ0) is 15.2. The van der Waals surface area contributed by atoms with Crippen molar-refractivity contribution in [2.24, 2.45) is 0 Å². The maximum atomic E-state index is 11.5. The summed E-state index contributed by atoms with van der Waals surface area (Å²) in [7, 11) is 0. The third-order valence-corrected chi connectivity index (χ3v) is 3.17. The molecule has 0 aliphatic heterocycles. The molecule has 0 saturated heterocycles. The van der Waals surface area contributed by atoms with Gasteiger partial charge < -0.3 is 10.6 Å². The molecule has 21 heavy (non-hydrogen) atoms. The summed E-state index contributed by atoms with van der Waals surface area (Å²) in [6, 6.07) is 6.49. The maximum Gasteiger partial charge on any atom is 0.287 e. The molecule has 1 aliphatic rings. The van der Waals surface area contributed by atoms with E-state index < -0.39 is 4.92 Å². The molecule has 1 fully saturated rings. The second-order valence-electron chi connectivity index (χ2n) is 4.97. The summed E-state index contributed by atoms with van der Waals surface area (Å²) in [6.07, 6.45) is 3.26. The van der Waals surface area contributed by atoms with Gasteiger partial charge in [0.15, 0.2) is 0 Å². The van der Waals surface area contributed by atoms with Gasteiger partial charge >= 0.3 is 0 Å². The van der Waals surface area contributed by atoms with Crippen LogP contribution in [0.25, 0.3) is 0 Å². The highest BCUT2D eigenvalue weighted by molar-refractivity contribution is 5.76. The maximum absolute atomic E-state index is 11.5. The van der Waals surface area contributed by atoms with Gasteiger partial charge in [-0.2, -0.15) is 5.26 Å². The van der Waals surface area contributed by atoms with E-state index in [9.17, 15) is 14.9 Å². The van der Waals surface area contributed by atoms with Gasteiger partial charge in [-0.1, -0.05) is 0 Å². The first kappa shape index (κ1) is 14.8. The fraction of sp³-hybridized carbons (Fsp3) is 0.429. The molecule has 0 atom stereocenters. The van der Waals surface area contributed by atoms with Gasteiger partial charge in [-0.3, -0.25) is 14.9 Å². The van der Waals surface area contributed by atoms with Gasteiger partial charge in [-0.15, -0.1) is 0 Å². The van der Waals surface area contributed by atoms with E-state index in [1.807, 2.05) is 6.07 Å². The topological polar surface area (TPSA) is 108 Å². The largest absolute Gasteiger partial charge is 0.385 e. The second kappa shape index (κ2) is 6.70. The number of carbonyl (C=O) groups is 1. The Morgan fingerprint density at radius 1 is 1.48 bits per heavy atom. The Kier molecular flexibility index (Phi) is 4.72. The number of benzene rings is 1. The number of nitriles is 1. The molecule has 0 bridgehead atoms.